The van der Waals surface area contributed by atoms with Crippen LogP contribution in [0.25, 0.3) is 0 Å². The van der Waals surface area contributed by atoms with Crippen LogP contribution in [0.1, 0.15) is 47.6 Å². The van der Waals surface area contributed by atoms with Gasteiger partial charge in [0.05, 0.1) is 0 Å². The summed E-state index contributed by atoms with van der Waals surface area (Å²) in [4.78, 5) is 0. The lowest BCUT2D eigenvalue weighted by Crippen LogP contribution is -2.02. The summed E-state index contributed by atoms with van der Waals surface area (Å²) in [5.74, 6) is 0.905. The number of hydrogen-bond donors (Lipinski definition) is 1. The molecular weight excluding hydrogens is 244 g/mol. The molecule has 0 aliphatic heterocycles. The molecule has 2 aromatic carbocycles. The quantitative estimate of drug-likeness (QED) is 0.834. The van der Waals surface area contributed by atoms with Crippen molar-refractivity contribution in [1.29, 1.82) is 0 Å². The summed E-state index contributed by atoms with van der Waals surface area (Å²) in [6.45, 7) is 8.54. The molecule has 0 saturated carbocycles. The molecule has 0 amide bonds. The van der Waals surface area contributed by atoms with E-state index in [2.05, 4.69) is 64.1 Å². The van der Waals surface area contributed by atoms with E-state index in [-0.39, 0.29) is 0 Å². The molecule has 2 rings (SSSR count). The van der Waals surface area contributed by atoms with E-state index in [4.69, 9.17) is 0 Å². The molecule has 1 N–H and O–H groups in total. The zero-order valence-electron chi connectivity index (χ0n) is 12.9. The summed E-state index contributed by atoms with van der Waals surface area (Å²) >= 11 is 0. The van der Waals surface area contributed by atoms with Gasteiger partial charge < -0.3 is 5.11 Å². The number of aryl methyl sites for hydroxylation is 2. The third kappa shape index (κ3) is 2.87. The molecule has 2 aromatic rings. The first kappa shape index (κ1) is 14.6. The Kier molecular flexibility index (Phi) is 4.49. The molecule has 0 fully saturated rings. The third-order valence-electron chi connectivity index (χ3n) is 4.20. The Balaban J connectivity index is 2.29. The lowest BCUT2D eigenvalue weighted by Gasteiger charge is -2.17. The Labute approximate surface area is 122 Å². The minimum Gasteiger partial charge on any atom is -0.507 e. The molecule has 0 radical (unpaired) electrons. The van der Waals surface area contributed by atoms with Crippen molar-refractivity contribution >= 4 is 0 Å². The van der Waals surface area contributed by atoms with E-state index in [0.29, 0.717) is 11.7 Å². The minimum atomic E-state index is 0.412. The van der Waals surface area contributed by atoms with Gasteiger partial charge in [0.15, 0.2) is 0 Å². The van der Waals surface area contributed by atoms with E-state index < -0.39 is 0 Å². The second-order valence-corrected chi connectivity index (χ2v) is 5.68. The van der Waals surface area contributed by atoms with Crippen molar-refractivity contribution in [3.05, 3.63) is 64.2 Å². The predicted molar refractivity (Wildman–Crippen MR) is 85.5 cm³/mol. The van der Waals surface area contributed by atoms with Crippen molar-refractivity contribution in [2.45, 2.75) is 46.5 Å². The normalized spacial score (nSPS) is 12.4. The molecule has 0 bridgehead atoms. The van der Waals surface area contributed by atoms with Crippen LogP contribution >= 0.6 is 0 Å². The maximum absolute atomic E-state index is 10.4. The minimum absolute atomic E-state index is 0.412. The van der Waals surface area contributed by atoms with Gasteiger partial charge in [-0.1, -0.05) is 50.2 Å². The molecular formula is C19H24O. The largest absolute Gasteiger partial charge is 0.507 e. The molecule has 0 aliphatic rings. The maximum Gasteiger partial charge on any atom is 0.122 e. The molecule has 0 heterocycles. The molecule has 20 heavy (non-hydrogen) atoms. The highest BCUT2D eigenvalue weighted by molar-refractivity contribution is 5.46. The molecule has 0 saturated heterocycles. The lowest BCUT2D eigenvalue weighted by molar-refractivity contribution is 0.458. The van der Waals surface area contributed by atoms with Crippen LogP contribution in [0.4, 0.5) is 0 Å². The summed E-state index contributed by atoms with van der Waals surface area (Å²) in [7, 11) is 0. The Morgan fingerprint density at radius 3 is 2.35 bits per heavy atom. The topological polar surface area (TPSA) is 20.2 Å². The molecule has 106 valence electrons. The molecule has 1 heteroatoms. The van der Waals surface area contributed by atoms with Gasteiger partial charge in [-0.2, -0.15) is 0 Å². The first-order valence-electron chi connectivity index (χ1n) is 7.40. The van der Waals surface area contributed by atoms with Crippen LogP contribution in [-0.4, -0.2) is 5.11 Å². The predicted octanol–water partition coefficient (Wildman–Crippen LogP) is 4.92. The molecule has 1 atom stereocenters. The Morgan fingerprint density at radius 2 is 1.70 bits per heavy atom. The summed E-state index contributed by atoms with van der Waals surface area (Å²) in [6, 6.07) is 12.7. The van der Waals surface area contributed by atoms with Crippen LogP contribution in [-0.2, 0) is 12.8 Å². The smallest absolute Gasteiger partial charge is 0.122 e. The van der Waals surface area contributed by atoms with E-state index in [0.717, 1.165) is 24.0 Å². The summed E-state index contributed by atoms with van der Waals surface area (Å²) < 4.78 is 0. The molecule has 0 aromatic heterocycles. The van der Waals surface area contributed by atoms with Gasteiger partial charge in [-0.25, -0.2) is 0 Å². The lowest BCUT2D eigenvalue weighted by atomic mass is 9.89. The van der Waals surface area contributed by atoms with Crippen LogP contribution in [0.15, 0.2) is 36.4 Å². The number of phenolic OH excluding ortho intramolecular Hbond substituents is 1. The first-order chi connectivity index (χ1) is 9.54. The van der Waals surface area contributed by atoms with E-state index in [9.17, 15) is 5.11 Å². The molecule has 0 aliphatic carbocycles. The van der Waals surface area contributed by atoms with Crippen LogP contribution in [0.3, 0.4) is 0 Å². The van der Waals surface area contributed by atoms with Crippen LogP contribution < -0.4 is 0 Å². The highest BCUT2D eigenvalue weighted by Gasteiger charge is 2.14. The molecule has 1 nitrogen and oxygen atoms in total. The number of rotatable bonds is 4. The fourth-order valence-corrected chi connectivity index (χ4v) is 2.98. The standard InChI is InChI=1S/C19H24O/c1-5-17-14(3)10-11-16(19(17)20)12-15(4)18-9-7-6-8-13(18)2/h6-11,15,20H,5,12H2,1-4H3. The molecule has 1 unspecified atom stereocenters. The van der Waals surface area contributed by atoms with E-state index in [1.807, 2.05) is 0 Å². The number of hydrogen-bond acceptors (Lipinski definition) is 1. The Morgan fingerprint density at radius 1 is 1.00 bits per heavy atom. The van der Waals surface area contributed by atoms with Crippen molar-refractivity contribution in [2.75, 3.05) is 0 Å². The van der Waals surface area contributed by atoms with Crippen LogP contribution in [0.5, 0.6) is 5.75 Å². The second-order valence-electron chi connectivity index (χ2n) is 5.68. The van der Waals surface area contributed by atoms with Gasteiger partial charge in [0.2, 0.25) is 0 Å². The SMILES string of the molecule is CCc1c(C)ccc(CC(C)c2ccccc2C)c1O. The fourth-order valence-electron chi connectivity index (χ4n) is 2.98. The summed E-state index contributed by atoms with van der Waals surface area (Å²) in [6.07, 6.45) is 1.76. The van der Waals surface area contributed by atoms with Crippen molar-refractivity contribution < 1.29 is 5.11 Å². The van der Waals surface area contributed by atoms with Crippen molar-refractivity contribution in [1.82, 2.24) is 0 Å². The van der Waals surface area contributed by atoms with Gasteiger partial charge in [0.25, 0.3) is 0 Å². The highest BCUT2D eigenvalue weighted by atomic mass is 16.3. The maximum atomic E-state index is 10.4. The average Bonchev–Trinajstić information content (AvgIpc) is 2.43. The Hall–Kier alpha value is -1.76. The van der Waals surface area contributed by atoms with Gasteiger partial charge in [0, 0.05) is 0 Å². The van der Waals surface area contributed by atoms with Crippen molar-refractivity contribution in [2.24, 2.45) is 0 Å². The van der Waals surface area contributed by atoms with Gasteiger partial charge in [-0.3, -0.25) is 0 Å². The first-order valence-corrected chi connectivity index (χ1v) is 7.40. The van der Waals surface area contributed by atoms with Crippen molar-refractivity contribution in [3.63, 3.8) is 0 Å². The number of phenols is 1. The third-order valence-corrected chi connectivity index (χ3v) is 4.20. The summed E-state index contributed by atoms with van der Waals surface area (Å²) in [5, 5.41) is 10.4. The van der Waals surface area contributed by atoms with Gasteiger partial charge in [0.1, 0.15) is 5.75 Å². The highest BCUT2D eigenvalue weighted by Crippen LogP contribution is 2.31. The van der Waals surface area contributed by atoms with Gasteiger partial charge in [-0.05, 0) is 60.4 Å². The van der Waals surface area contributed by atoms with Crippen molar-refractivity contribution in [3.8, 4) is 5.75 Å². The number of benzene rings is 2. The summed E-state index contributed by atoms with van der Waals surface area (Å²) in [5.41, 5.74) is 6.01. The second kappa shape index (κ2) is 6.13. The zero-order valence-corrected chi connectivity index (χ0v) is 12.9. The number of aromatic hydroxyl groups is 1. The van der Waals surface area contributed by atoms with Gasteiger partial charge >= 0.3 is 0 Å². The van der Waals surface area contributed by atoms with E-state index >= 15 is 0 Å². The van der Waals surface area contributed by atoms with E-state index in [1.54, 1.807) is 0 Å². The Bertz CT molecular complexity index is 599. The van der Waals surface area contributed by atoms with Crippen LogP contribution in [0, 0.1) is 13.8 Å². The van der Waals surface area contributed by atoms with Crippen LogP contribution in [0.2, 0.25) is 0 Å². The van der Waals surface area contributed by atoms with E-state index in [1.165, 1.54) is 16.7 Å². The zero-order chi connectivity index (χ0) is 14.7. The fraction of sp³-hybridized carbons (Fsp3) is 0.368. The van der Waals surface area contributed by atoms with Gasteiger partial charge in [-0.15, -0.1) is 0 Å². The monoisotopic (exact) mass is 268 g/mol. The molecule has 0 spiro atoms. The average molecular weight is 268 g/mol.